The van der Waals surface area contributed by atoms with Crippen LogP contribution in [0.5, 0.6) is 0 Å². The van der Waals surface area contributed by atoms with Crippen molar-refractivity contribution in [3.63, 3.8) is 0 Å². The van der Waals surface area contributed by atoms with Crippen LogP contribution >= 0.6 is 0 Å². The molecule has 0 saturated heterocycles. The third kappa shape index (κ3) is 5.19. The van der Waals surface area contributed by atoms with Crippen LogP contribution in [0, 0.1) is 0 Å². The molecule has 0 aliphatic heterocycles. The highest BCUT2D eigenvalue weighted by Gasteiger charge is 2.38. The van der Waals surface area contributed by atoms with Gasteiger partial charge in [-0.2, -0.15) is 0 Å². The van der Waals surface area contributed by atoms with Crippen LogP contribution in [0.1, 0.15) is 22.3 Å². The van der Waals surface area contributed by atoms with Crippen LogP contribution in [0.15, 0.2) is 206 Å². The number of rotatable bonds is 6. The predicted molar refractivity (Wildman–Crippen MR) is 221 cm³/mol. The molecule has 8 aromatic carbocycles. The molecule has 0 saturated carbocycles. The van der Waals surface area contributed by atoms with E-state index in [0.717, 1.165) is 44.3 Å². The molecule has 0 N–H and O–H groups in total. The zero-order chi connectivity index (χ0) is 35.2. The number of hydrogen-bond acceptors (Lipinski definition) is 2. The Kier molecular flexibility index (Phi) is 7.40. The van der Waals surface area contributed by atoms with Crippen LogP contribution in [0.25, 0.3) is 65.9 Å². The summed E-state index contributed by atoms with van der Waals surface area (Å²) in [6.07, 6.45) is 0. The molecule has 0 bridgehead atoms. The lowest BCUT2D eigenvalue weighted by Crippen LogP contribution is -2.31. The van der Waals surface area contributed by atoms with Crippen molar-refractivity contribution in [1.29, 1.82) is 0 Å². The van der Waals surface area contributed by atoms with Crippen molar-refractivity contribution in [3.8, 4) is 22.5 Å². The lowest BCUT2D eigenvalue weighted by Gasteiger charge is -2.37. The van der Waals surface area contributed by atoms with Crippen molar-refractivity contribution in [2.24, 2.45) is 0 Å². The Hall–Kier alpha value is -6.90. The average Bonchev–Trinajstić information content (AvgIpc) is 3.25. The molecule has 0 radical (unpaired) electrons. The Bertz CT molecular complexity index is 2710. The normalized spacial score (nSPS) is 11.8. The Labute approximate surface area is 308 Å². The fraction of sp³-hybridized carbons (Fsp3) is 0.0196. The highest BCUT2D eigenvalue weighted by Crippen LogP contribution is 2.46. The summed E-state index contributed by atoms with van der Waals surface area (Å²) in [6, 6.07) is 74.1. The molecule has 2 nitrogen and oxygen atoms in total. The highest BCUT2D eigenvalue weighted by atomic mass is 14.7. The Morgan fingerprint density at radius 2 is 0.604 bits per heavy atom. The van der Waals surface area contributed by atoms with E-state index < -0.39 is 5.41 Å². The van der Waals surface area contributed by atoms with Crippen molar-refractivity contribution in [2.45, 2.75) is 5.41 Å². The predicted octanol–water partition coefficient (Wildman–Crippen LogP) is 12.8. The molecule has 0 amide bonds. The van der Waals surface area contributed by atoms with Gasteiger partial charge in [-0.05, 0) is 45.2 Å². The molecule has 53 heavy (non-hydrogen) atoms. The van der Waals surface area contributed by atoms with Crippen LogP contribution in [0.2, 0.25) is 0 Å². The lowest BCUT2D eigenvalue weighted by molar-refractivity contribution is 0.745. The minimum absolute atomic E-state index is 0.570. The van der Waals surface area contributed by atoms with Gasteiger partial charge in [0.2, 0.25) is 0 Å². The molecule has 248 valence electrons. The first-order valence-electron chi connectivity index (χ1n) is 18.2. The largest absolute Gasteiger partial charge is 0.247 e. The number of pyridine rings is 2. The van der Waals surface area contributed by atoms with Gasteiger partial charge in [-0.1, -0.05) is 194 Å². The maximum atomic E-state index is 5.21. The average molecular weight is 675 g/mol. The molecule has 0 spiro atoms. The number of nitrogens with zero attached hydrogens (tertiary/aromatic N) is 2. The van der Waals surface area contributed by atoms with Crippen molar-refractivity contribution < 1.29 is 0 Å². The van der Waals surface area contributed by atoms with Gasteiger partial charge in [-0.15, -0.1) is 0 Å². The summed E-state index contributed by atoms with van der Waals surface area (Å²) < 4.78 is 0. The second kappa shape index (κ2) is 12.7. The van der Waals surface area contributed by atoms with Crippen LogP contribution in [-0.4, -0.2) is 9.97 Å². The number of fused-ring (bicyclic) bond motifs is 6. The van der Waals surface area contributed by atoms with Gasteiger partial charge in [0.05, 0.1) is 27.8 Å². The van der Waals surface area contributed by atoms with Crippen molar-refractivity contribution in [2.75, 3.05) is 0 Å². The van der Waals surface area contributed by atoms with Gasteiger partial charge in [0, 0.05) is 32.7 Å². The van der Waals surface area contributed by atoms with Gasteiger partial charge >= 0.3 is 0 Å². The van der Waals surface area contributed by atoms with E-state index in [-0.39, 0.29) is 0 Å². The minimum Gasteiger partial charge on any atom is -0.247 e. The van der Waals surface area contributed by atoms with Crippen LogP contribution in [0.3, 0.4) is 0 Å². The molecule has 0 fully saturated rings. The summed E-state index contributed by atoms with van der Waals surface area (Å²) in [5, 5.41) is 7.04. The molecule has 2 aromatic heterocycles. The number of aromatic nitrogens is 2. The SMILES string of the molecule is c1ccc(C(c2ccccc2)(c2ccc(-c3ccc4ccc5ccccc5c4n3)cc2)c2ccc(-c3ccc4ccc5ccccc5c4n3)cc2)cc1. The maximum Gasteiger partial charge on any atom is 0.0787 e. The van der Waals surface area contributed by atoms with E-state index in [1.807, 2.05) is 0 Å². The van der Waals surface area contributed by atoms with Crippen LogP contribution in [0.4, 0.5) is 0 Å². The Balaban J connectivity index is 1.12. The standard InChI is InChI=1S/C51H34N2/c1-3-13-41(14-4-1)51(42-15-5-2-6-16-42,43-29-23-37(24-30-43)47-33-27-39-21-19-35-11-7-9-17-45(35)49(39)52-47)44-31-25-38(26-32-44)48-34-28-40-22-20-36-12-8-10-18-46(36)50(40)53-48/h1-34H. The summed E-state index contributed by atoms with van der Waals surface area (Å²) in [5.41, 5.74) is 10.4. The second-order valence-electron chi connectivity index (χ2n) is 13.7. The monoisotopic (exact) mass is 674 g/mol. The lowest BCUT2D eigenvalue weighted by atomic mass is 9.65. The molecule has 0 unspecified atom stereocenters. The van der Waals surface area contributed by atoms with Gasteiger partial charge in [0.15, 0.2) is 0 Å². The molecule has 2 heterocycles. The Morgan fingerprint density at radius 1 is 0.264 bits per heavy atom. The van der Waals surface area contributed by atoms with Crippen molar-refractivity contribution in [3.05, 3.63) is 229 Å². The second-order valence-corrected chi connectivity index (χ2v) is 13.7. The minimum atomic E-state index is -0.570. The van der Waals surface area contributed by atoms with Gasteiger partial charge in [-0.3, -0.25) is 0 Å². The fourth-order valence-corrected chi connectivity index (χ4v) is 8.20. The van der Waals surface area contributed by atoms with Gasteiger partial charge in [0.1, 0.15) is 0 Å². The van der Waals surface area contributed by atoms with E-state index in [2.05, 4.69) is 206 Å². The molecule has 10 rings (SSSR count). The summed E-state index contributed by atoms with van der Waals surface area (Å²) in [4.78, 5) is 10.4. The first-order chi connectivity index (χ1) is 26.3. The Morgan fingerprint density at radius 3 is 1.04 bits per heavy atom. The number of hydrogen-bond donors (Lipinski definition) is 0. The topological polar surface area (TPSA) is 25.8 Å². The van der Waals surface area contributed by atoms with E-state index >= 15 is 0 Å². The zero-order valence-electron chi connectivity index (χ0n) is 29.0. The van der Waals surface area contributed by atoms with Crippen molar-refractivity contribution >= 4 is 43.4 Å². The fourth-order valence-electron chi connectivity index (χ4n) is 8.20. The molecular weight excluding hydrogens is 641 g/mol. The maximum absolute atomic E-state index is 5.21. The van der Waals surface area contributed by atoms with E-state index in [4.69, 9.17) is 9.97 Å². The summed E-state index contributed by atoms with van der Waals surface area (Å²) in [5.74, 6) is 0. The van der Waals surface area contributed by atoms with E-state index in [1.54, 1.807) is 0 Å². The first kappa shape index (κ1) is 30.9. The highest BCUT2D eigenvalue weighted by molar-refractivity contribution is 6.06. The van der Waals surface area contributed by atoms with E-state index in [0.29, 0.717) is 0 Å². The van der Waals surface area contributed by atoms with Crippen LogP contribution < -0.4 is 0 Å². The summed E-state index contributed by atoms with van der Waals surface area (Å²) in [6.45, 7) is 0. The summed E-state index contributed by atoms with van der Waals surface area (Å²) in [7, 11) is 0. The molecule has 2 heteroatoms. The molecule has 0 atom stereocenters. The zero-order valence-corrected chi connectivity index (χ0v) is 29.0. The third-order valence-corrected chi connectivity index (χ3v) is 10.8. The van der Waals surface area contributed by atoms with E-state index in [1.165, 1.54) is 43.8 Å². The van der Waals surface area contributed by atoms with Crippen LogP contribution in [-0.2, 0) is 5.41 Å². The smallest absolute Gasteiger partial charge is 0.0787 e. The molecule has 0 aliphatic rings. The van der Waals surface area contributed by atoms with Gasteiger partial charge in [0.25, 0.3) is 0 Å². The molecular formula is C51H34N2. The quantitative estimate of drug-likeness (QED) is 0.130. The first-order valence-corrected chi connectivity index (χ1v) is 18.2. The molecule has 10 aromatic rings. The van der Waals surface area contributed by atoms with Gasteiger partial charge < -0.3 is 0 Å². The van der Waals surface area contributed by atoms with Crippen molar-refractivity contribution in [1.82, 2.24) is 9.97 Å². The molecule has 0 aliphatic carbocycles. The third-order valence-electron chi connectivity index (χ3n) is 10.8. The summed E-state index contributed by atoms with van der Waals surface area (Å²) >= 11 is 0. The number of benzene rings is 8. The van der Waals surface area contributed by atoms with E-state index in [9.17, 15) is 0 Å². The van der Waals surface area contributed by atoms with Gasteiger partial charge in [-0.25, -0.2) is 9.97 Å².